The highest BCUT2D eigenvalue weighted by Crippen LogP contribution is 2.41. The number of hydrogen-bond donors (Lipinski definition) is 0. The van der Waals surface area contributed by atoms with Crippen molar-refractivity contribution in [3.05, 3.63) is 146 Å². The first-order valence-electron chi connectivity index (χ1n) is 12.3. The first kappa shape index (κ1) is 20.5. The lowest BCUT2D eigenvalue weighted by molar-refractivity contribution is 1.18. The molecule has 0 atom stereocenters. The van der Waals surface area contributed by atoms with Crippen molar-refractivity contribution < 1.29 is 0 Å². The van der Waals surface area contributed by atoms with Gasteiger partial charge in [-0.1, -0.05) is 84.9 Å². The number of para-hydroxylation sites is 4. The van der Waals surface area contributed by atoms with Crippen LogP contribution in [-0.2, 0) is 0 Å². The molecular weight excluding hydrogens is 436 g/mol. The molecule has 2 heteroatoms. The average molecular weight is 461 g/mol. The van der Waals surface area contributed by atoms with E-state index < -0.39 is 0 Å². The van der Waals surface area contributed by atoms with Gasteiger partial charge in [0.25, 0.3) is 0 Å². The predicted octanol–water partition coefficient (Wildman–Crippen LogP) is 9.41. The number of hydrogen-bond acceptors (Lipinski definition) is 1. The molecule has 0 bridgehead atoms. The largest absolute Gasteiger partial charge is 0.310 e. The maximum atomic E-state index is 2.39. The molecule has 1 heterocycles. The van der Waals surface area contributed by atoms with Crippen LogP contribution in [0, 0.1) is 0 Å². The number of rotatable bonds is 4. The monoisotopic (exact) mass is 460 g/mol. The number of aromatic nitrogens is 1. The van der Waals surface area contributed by atoms with Crippen LogP contribution < -0.4 is 4.90 Å². The second-order valence-corrected chi connectivity index (χ2v) is 9.06. The summed E-state index contributed by atoms with van der Waals surface area (Å²) in [6.45, 7) is 0. The minimum absolute atomic E-state index is 1.14. The molecule has 0 amide bonds. The highest BCUT2D eigenvalue weighted by Gasteiger charge is 2.18. The van der Waals surface area contributed by atoms with E-state index in [-0.39, 0.29) is 0 Å². The average Bonchev–Trinajstić information content (AvgIpc) is 3.27. The standard InChI is InChI=1S/C34H24N2/c1-4-14-26(15-5-1)35(27-16-6-2-7-17-27)33-22-12-13-25-23-31-29-20-10-11-21-32(29)36(34(31)24-30(25)33)28-18-8-3-9-19-28/h1-24H. The number of nitrogens with zero attached hydrogens (tertiary/aromatic N) is 2. The Kier molecular flexibility index (Phi) is 4.82. The van der Waals surface area contributed by atoms with E-state index in [9.17, 15) is 0 Å². The SMILES string of the molecule is c1ccc(N(c2ccccc2)c2cccc3cc4c5ccccc5n(-c5ccccc5)c4cc23)cc1. The van der Waals surface area contributed by atoms with Gasteiger partial charge >= 0.3 is 0 Å². The van der Waals surface area contributed by atoms with Gasteiger partial charge in [0.05, 0.1) is 16.7 Å². The first-order valence-corrected chi connectivity index (χ1v) is 12.3. The molecule has 7 aromatic rings. The van der Waals surface area contributed by atoms with Gasteiger partial charge in [-0.05, 0) is 66.0 Å². The summed E-state index contributed by atoms with van der Waals surface area (Å²) in [5.41, 5.74) is 7.04. The zero-order valence-corrected chi connectivity index (χ0v) is 19.8. The molecule has 0 unspecified atom stereocenters. The Morgan fingerprint density at radius 1 is 0.417 bits per heavy atom. The van der Waals surface area contributed by atoms with Crippen molar-refractivity contribution in [1.29, 1.82) is 0 Å². The van der Waals surface area contributed by atoms with Gasteiger partial charge in [0.15, 0.2) is 0 Å². The molecular formula is C34H24N2. The third-order valence-electron chi connectivity index (χ3n) is 6.93. The zero-order chi connectivity index (χ0) is 23.9. The molecule has 0 aliphatic heterocycles. The molecule has 0 aliphatic rings. The molecule has 0 aliphatic carbocycles. The zero-order valence-electron chi connectivity index (χ0n) is 19.8. The van der Waals surface area contributed by atoms with E-state index in [0.717, 1.165) is 17.1 Å². The van der Waals surface area contributed by atoms with Crippen LogP contribution in [0.1, 0.15) is 0 Å². The molecule has 7 rings (SSSR count). The summed E-state index contributed by atoms with van der Waals surface area (Å²) in [6.07, 6.45) is 0. The molecule has 36 heavy (non-hydrogen) atoms. The number of benzene rings is 6. The predicted molar refractivity (Wildman–Crippen MR) is 153 cm³/mol. The topological polar surface area (TPSA) is 8.17 Å². The van der Waals surface area contributed by atoms with E-state index in [1.54, 1.807) is 0 Å². The molecule has 0 fully saturated rings. The van der Waals surface area contributed by atoms with Gasteiger partial charge < -0.3 is 9.47 Å². The summed E-state index contributed by atoms with van der Waals surface area (Å²) < 4.78 is 2.39. The van der Waals surface area contributed by atoms with Crippen molar-refractivity contribution in [1.82, 2.24) is 4.57 Å². The Morgan fingerprint density at radius 2 is 1.03 bits per heavy atom. The molecule has 1 aromatic heterocycles. The fourth-order valence-electron chi connectivity index (χ4n) is 5.36. The molecule has 0 spiro atoms. The van der Waals surface area contributed by atoms with E-state index in [0.29, 0.717) is 0 Å². The van der Waals surface area contributed by atoms with Gasteiger partial charge in [-0.25, -0.2) is 0 Å². The van der Waals surface area contributed by atoms with Crippen molar-refractivity contribution in [2.24, 2.45) is 0 Å². The lowest BCUT2D eigenvalue weighted by Crippen LogP contribution is -2.10. The Balaban J connectivity index is 1.58. The van der Waals surface area contributed by atoms with Gasteiger partial charge in [-0.2, -0.15) is 0 Å². The third-order valence-corrected chi connectivity index (χ3v) is 6.93. The smallest absolute Gasteiger partial charge is 0.0548 e. The van der Waals surface area contributed by atoms with E-state index in [2.05, 4.69) is 155 Å². The number of anilines is 3. The van der Waals surface area contributed by atoms with E-state index in [1.165, 1.54) is 38.3 Å². The molecule has 0 saturated carbocycles. The maximum absolute atomic E-state index is 2.39. The van der Waals surface area contributed by atoms with E-state index >= 15 is 0 Å². The second-order valence-electron chi connectivity index (χ2n) is 9.06. The fraction of sp³-hybridized carbons (Fsp3) is 0. The lowest BCUT2D eigenvalue weighted by Gasteiger charge is -2.27. The van der Waals surface area contributed by atoms with E-state index in [4.69, 9.17) is 0 Å². The minimum Gasteiger partial charge on any atom is -0.310 e. The Bertz CT molecular complexity index is 1780. The third kappa shape index (κ3) is 3.27. The summed E-state index contributed by atoms with van der Waals surface area (Å²) in [6, 6.07) is 51.9. The van der Waals surface area contributed by atoms with Crippen molar-refractivity contribution >= 4 is 49.6 Å². The minimum atomic E-state index is 1.14. The maximum Gasteiger partial charge on any atom is 0.0548 e. The molecule has 170 valence electrons. The van der Waals surface area contributed by atoms with Crippen molar-refractivity contribution in [3.8, 4) is 5.69 Å². The van der Waals surface area contributed by atoms with Crippen LogP contribution in [-0.4, -0.2) is 4.57 Å². The second kappa shape index (κ2) is 8.44. The van der Waals surface area contributed by atoms with Crippen LogP contribution in [0.25, 0.3) is 38.3 Å². The van der Waals surface area contributed by atoms with Crippen LogP contribution in [0.4, 0.5) is 17.1 Å². The molecule has 2 nitrogen and oxygen atoms in total. The van der Waals surface area contributed by atoms with Gasteiger partial charge in [0.1, 0.15) is 0 Å². The summed E-state index contributed by atoms with van der Waals surface area (Å²) in [5, 5.41) is 4.99. The van der Waals surface area contributed by atoms with Crippen LogP contribution >= 0.6 is 0 Å². The molecule has 0 radical (unpaired) electrons. The number of fused-ring (bicyclic) bond motifs is 4. The first-order chi connectivity index (χ1) is 17.9. The van der Waals surface area contributed by atoms with Gasteiger partial charge in [-0.3, -0.25) is 0 Å². The summed E-state index contributed by atoms with van der Waals surface area (Å²) >= 11 is 0. The summed E-state index contributed by atoms with van der Waals surface area (Å²) in [5.74, 6) is 0. The Hall–Kier alpha value is -4.82. The van der Waals surface area contributed by atoms with Crippen molar-refractivity contribution in [2.75, 3.05) is 4.90 Å². The highest BCUT2D eigenvalue weighted by molar-refractivity contribution is 6.15. The fourth-order valence-corrected chi connectivity index (χ4v) is 5.36. The lowest BCUT2D eigenvalue weighted by atomic mass is 10.0. The van der Waals surface area contributed by atoms with Crippen LogP contribution in [0.2, 0.25) is 0 Å². The molecule has 0 N–H and O–H groups in total. The Morgan fingerprint density at radius 3 is 1.72 bits per heavy atom. The molecule has 0 saturated heterocycles. The van der Waals surface area contributed by atoms with Crippen molar-refractivity contribution in [3.63, 3.8) is 0 Å². The van der Waals surface area contributed by atoms with Crippen LogP contribution in [0.15, 0.2) is 146 Å². The highest BCUT2D eigenvalue weighted by atomic mass is 15.1. The van der Waals surface area contributed by atoms with Crippen molar-refractivity contribution in [2.45, 2.75) is 0 Å². The summed E-state index contributed by atoms with van der Waals surface area (Å²) in [4.78, 5) is 2.35. The van der Waals surface area contributed by atoms with Gasteiger partial charge in [0, 0.05) is 33.2 Å². The van der Waals surface area contributed by atoms with Gasteiger partial charge in [-0.15, -0.1) is 0 Å². The molecule has 6 aromatic carbocycles. The summed E-state index contributed by atoms with van der Waals surface area (Å²) in [7, 11) is 0. The van der Waals surface area contributed by atoms with Gasteiger partial charge in [0.2, 0.25) is 0 Å². The normalized spacial score (nSPS) is 11.3. The Labute approximate surface area is 210 Å². The quantitative estimate of drug-likeness (QED) is 0.254. The van der Waals surface area contributed by atoms with Crippen LogP contribution in [0.3, 0.4) is 0 Å². The van der Waals surface area contributed by atoms with E-state index in [1.807, 2.05) is 0 Å². The van der Waals surface area contributed by atoms with Crippen LogP contribution in [0.5, 0.6) is 0 Å².